The summed E-state index contributed by atoms with van der Waals surface area (Å²) < 4.78 is 19.2. The lowest BCUT2D eigenvalue weighted by molar-refractivity contribution is 0.372. The quantitative estimate of drug-likeness (QED) is 0.897. The minimum atomic E-state index is -0.485. The number of methoxy groups -OCH3 is 1. The molecule has 0 radical (unpaired) electrons. The molecule has 0 bridgehead atoms. The van der Waals surface area contributed by atoms with E-state index in [4.69, 9.17) is 4.74 Å². The summed E-state index contributed by atoms with van der Waals surface area (Å²) in [5.41, 5.74) is 0.841. The van der Waals surface area contributed by atoms with Crippen molar-refractivity contribution in [3.05, 3.63) is 28.1 Å². The Morgan fingerprint density at radius 3 is 2.65 bits per heavy atom. The van der Waals surface area contributed by atoms with E-state index in [1.54, 1.807) is 26.1 Å². The van der Waals surface area contributed by atoms with Crippen LogP contribution >= 0.6 is 15.9 Å². The number of phenols is 1. The zero-order valence-corrected chi connectivity index (χ0v) is 12.7. The molecular weight excluding hydrogens is 329 g/mol. The molecule has 2 N–H and O–H groups in total. The Hall–Kier alpha value is -1.89. The van der Waals surface area contributed by atoms with Crippen LogP contribution in [0.4, 0.5) is 10.2 Å². The highest BCUT2D eigenvalue weighted by Gasteiger charge is 2.15. The van der Waals surface area contributed by atoms with Gasteiger partial charge in [0.15, 0.2) is 29.0 Å². The molecule has 0 spiro atoms. The predicted octanol–water partition coefficient (Wildman–Crippen LogP) is 3.11. The van der Waals surface area contributed by atoms with Gasteiger partial charge in [0.2, 0.25) is 0 Å². The van der Waals surface area contributed by atoms with Gasteiger partial charge in [-0.25, -0.2) is 14.4 Å². The van der Waals surface area contributed by atoms with Crippen LogP contribution in [0.1, 0.15) is 5.69 Å². The molecule has 0 aliphatic heterocycles. The van der Waals surface area contributed by atoms with Crippen LogP contribution in [0.25, 0.3) is 11.4 Å². The molecule has 0 aliphatic rings. The molecule has 0 unspecified atom stereocenters. The smallest absolute Gasteiger partial charge is 0.186 e. The van der Waals surface area contributed by atoms with Crippen molar-refractivity contribution in [2.75, 3.05) is 19.5 Å². The van der Waals surface area contributed by atoms with Gasteiger partial charge < -0.3 is 15.2 Å². The number of aromatic hydroxyl groups is 1. The Morgan fingerprint density at radius 1 is 1.35 bits per heavy atom. The second-order valence-corrected chi connectivity index (χ2v) is 4.91. The summed E-state index contributed by atoms with van der Waals surface area (Å²) in [5.74, 6) is 0.249. The van der Waals surface area contributed by atoms with E-state index in [1.165, 1.54) is 7.11 Å². The molecule has 0 saturated carbocycles. The molecule has 0 fully saturated rings. The lowest BCUT2D eigenvalue weighted by atomic mass is 10.2. The van der Waals surface area contributed by atoms with Crippen molar-refractivity contribution in [1.29, 1.82) is 0 Å². The fourth-order valence-corrected chi connectivity index (χ4v) is 2.15. The van der Waals surface area contributed by atoms with Crippen molar-refractivity contribution in [2.24, 2.45) is 0 Å². The first-order chi connectivity index (χ1) is 9.47. The Morgan fingerprint density at radius 2 is 2.05 bits per heavy atom. The fraction of sp³-hybridized carbons (Fsp3) is 0.231. The molecule has 1 heterocycles. The molecule has 0 saturated heterocycles. The van der Waals surface area contributed by atoms with E-state index in [2.05, 4.69) is 31.2 Å². The van der Waals surface area contributed by atoms with Crippen LogP contribution in [0.15, 0.2) is 16.6 Å². The molecule has 0 amide bonds. The number of aromatic nitrogens is 2. The van der Waals surface area contributed by atoms with Gasteiger partial charge in [-0.3, -0.25) is 0 Å². The number of halogens is 2. The number of nitrogens with one attached hydrogen (secondary N) is 1. The molecule has 5 nitrogen and oxygen atoms in total. The molecule has 1 aromatic heterocycles. The molecule has 2 rings (SSSR count). The molecular formula is C13H13BrFN3O2. The fourth-order valence-electron chi connectivity index (χ4n) is 1.71. The molecule has 0 atom stereocenters. The normalized spacial score (nSPS) is 10.4. The summed E-state index contributed by atoms with van der Waals surface area (Å²) in [6, 6.07) is 3.23. The third-order valence-corrected chi connectivity index (χ3v) is 3.36. The van der Waals surface area contributed by atoms with Gasteiger partial charge in [-0.2, -0.15) is 0 Å². The number of anilines is 1. The van der Waals surface area contributed by atoms with E-state index in [0.717, 1.165) is 0 Å². The molecule has 1 aromatic carbocycles. The third-order valence-electron chi connectivity index (χ3n) is 2.76. The first kappa shape index (κ1) is 14.5. The zero-order valence-electron chi connectivity index (χ0n) is 11.2. The lowest BCUT2D eigenvalue weighted by Gasteiger charge is -2.10. The number of hydrogen-bond acceptors (Lipinski definition) is 5. The van der Waals surface area contributed by atoms with Crippen molar-refractivity contribution < 1.29 is 14.2 Å². The summed E-state index contributed by atoms with van der Waals surface area (Å²) in [7, 11) is 3.03. The van der Waals surface area contributed by atoms with Crippen LogP contribution in [-0.2, 0) is 0 Å². The van der Waals surface area contributed by atoms with E-state index in [0.29, 0.717) is 15.9 Å². The Labute approximate surface area is 124 Å². The van der Waals surface area contributed by atoms with Crippen LogP contribution in [0.2, 0.25) is 0 Å². The van der Waals surface area contributed by atoms with Crippen molar-refractivity contribution in [3.63, 3.8) is 0 Å². The summed E-state index contributed by atoms with van der Waals surface area (Å²) in [6.07, 6.45) is 0. The van der Waals surface area contributed by atoms with Crippen molar-refractivity contribution in [1.82, 2.24) is 9.97 Å². The number of ether oxygens (including phenoxy) is 1. The van der Waals surface area contributed by atoms with E-state index in [9.17, 15) is 9.50 Å². The molecule has 2 aromatic rings. The predicted molar refractivity (Wildman–Crippen MR) is 77.6 cm³/mol. The van der Waals surface area contributed by atoms with E-state index >= 15 is 0 Å². The Balaban J connectivity index is 2.62. The number of rotatable bonds is 3. The highest BCUT2D eigenvalue weighted by atomic mass is 79.9. The van der Waals surface area contributed by atoms with Gasteiger partial charge in [0.05, 0.1) is 17.3 Å². The number of benzene rings is 1. The molecule has 20 heavy (non-hydrogen) atoms. The first-order valence-corrected chi connectivity index (χ1v) is 6.56. The van der Waals surface area contributed by atoms with Gasteiger partial charge in [0.25, 0.3) is 0 Å². The maximum atomic E-state index is 13.7. The van der Waals surface area contributed by atoms with Gasteiger partial charge in [0, 0.05) is 12.6 Å². The zero-order chi connectivity index (χ0) is 14.9. The maximum absolute atomic E-state index is 13.7. The number of aryl methyl sites for hydroxylation is 1. The van der Waals surface area contributed by atoms with Crippen LogP contribution < -0.4 is 10.1 Å². The third kappa shape index (κ3) is 2.53. The average Bonchev–Trinajstić information content (AvgIpc) is 2.44. The monoisotopic (exact) mass is 341 g/mol. The van der Waals surface area contributed by atoms with Gasteiger partial charge in [-0.15, -0.1) is 0 Å². The topological polar surface area (TPSA) is 67.3 Å². The van der Waals surface area contributed by atoms with Gasteiger partial charge in [-0.1, -0.05) is 0 Å². The Bertz CT molecular complexity index is 607. The van der Waals surface area contributed by atoms with E-state index < -0.39 is 5.82 Å². The van der Waals surface area contributed by atoms with E-state index in [-0.39, 0.29) is 23.0 Å². The van der Waals surface area contributed by atoms with Crippen LogP contribution in [0, 0.1) is 12.7 Å². The van der Waals surface area contributed by atoms with Gasteiger partial charge in [0.1, 0.15) is 0 Å². The average molecular weight is 342 g/mol. The molecule has 0 aliphatic carbocycles. The SMILES string of the molecule is CNc1nc(-c2cc(Br)c(O)c(OC)c2)nc(C)c1F. The second-order valence-electron chi connectivity index (χ2n) is 4.05. The van der Waals surface area contributed by atoms with Crippen molar-refractivity contribution in [2.45, 2.75) is 6.92 Å². The summed E-state index contributed by atoms with van der Waals surface area (Å²) >= 11 is 3.23. The Kier molecular flexibility index (Phi) is 4.08. The molecule has 7 heteroatoms. The van der Waals surface area contributed by atoms with Crippen LogP contribution in [-0.4, -0.2) is 29.2 Å². The minimum Gasteiger partial charge on any atom is -0.503 e. The largest absolute Gasteiger partial charge is 0.503 e. The highest BCUT2D eigenvalue weighted by molar-refractivity contribution is 9.10. The van der Waals surface area contributed by atoms with Crippen molar-refractivity contribution >= 4 is 21.7 Å². The van der Waals surface area contributed by atoms with Crippen LogP contribution in [0.5, 0.6) is 11.5 Å². The summed E-state index contributed by atoms with van der Waals surface area (Å²) in [4.78, 5) is 8.23. The number of hydrogen-bond donors (Lipinski definition) is 2. The summed E-state index contributed by atoms with van der Waals surface area (Å²) in [5, 5.41) is 12.5. The van der Waals surface area contributed by atoms with Gasteiger partial charge in [-0.05, 0) is 35.0 Å². The maximum Gasteiger partial charge on any atom is 0.186 e. The number of phenolic OH excluding ortho intramolecular Hbond substituents is 1. The number of nitrogens with zero attached hydrogens (tertiary/aromatic N) is 2. The van der Waals surface area contributed by atoms with E-state index in [1.807, 2.05) is 0 Å². The standard InChI is InChI=1S/C13H13BrFN3O2/c1-6-10(15)13(16-2)18-12(17-6)7-4-8(14)11(19)9(5-7)20-3/h4-5,19H,1-3H3,(H,16,17,18). The molecule has 106 valence electrons. The van der Waals surface area contributed by atoms with Crippen LogP contribution in [0.3, 0.4) is 0 Å². The summed E-state index contributed by atoms with van der Waals surface area (Å²) in [6.45, 7) is 1.56. The lowest BCUT2D eigenvalue weighted by Crippen LogP contribution is -2.03. The van der Waals surface area contributed by atoms with Gasteiger partial charge >= 0.3 is 0 Å². The first-order valence-electron chi connectivity index (χ1n) is 5.76. The highest BCUT2D eigenvalue weighted by Crippen LogP contribution is 2.38. The second kappa shape index (κ2) is 5.62. The minimum absolute atomic E-state index is 0.0103. The van der Waals surface area contributed by atoms with Crippen molar-refractivity contribution in [3.8, 4) is 22.9 Å².